The molecular weight excluding hydrogens is 1120 g/mol. The zero-order valence-corrected chi connectivity index (χ0v) is 44.6. The van der Waals surface area contributed by atoms with Crippen molar-refractivity contribution in [2.45, 2.75) is 54.7 Å². The summed E-state index contributed by atoms with van der Waals surface area (Å²) < 4.78 is 109. The van der Waals surface area contributed by atoms with Crippen molar-refractivity contribution < 1.29 is 129 Å². The second-order valence-corrected chi connectivity index (χ2v) is 35.4. The van der Waals surface area contributed by atoms with Crippen molar-refractivity contribution in [3.8, 4) is 0 Å². The highest BCUT2D eigenvalue weighted by atomic mass is 31.3. The predicted molar refractivity (Wildman–Crippen MR) is 244 cm³/mol. The van der Waals surface area contributed by atoms with Crippen LogP contribution in [0.15, 0.2) is 0 Å². The van der Waals surface area contributed by atoms with E-state index in [0.29, 0.717) is 0 Å². The van der Waals surface area contributed by atoms with Gasteiger partial charge in [0.2, 0.25) is 39.8 Å². The van der Waals surface area contributed by atoms with Crippen molar-refractivity contribution in [2.24, 2.45) is 0 Å². The van der Waals surface area contributed by atoms with Gasteiger partial charge in [-0.1, -0.05) is 0 Å². The second-order valence-electron chi connectivity index (χ2n) is 16.1. The molecule has 0 spiro atoms. The van der Waals surface area contributed by atoms with Crippen LogP contribution in [0.5, 0.6) is 0 Å². The fourth-order valence-corrected chi connectivity index (χ4v) is 18.8. The van der Waals surface area contributed by atoms with Crippen LogP contribution in [0.4, 0.5) is 0 Å². The topological polar surface area (TPSA) is 554 Å². The predicted octanol–water partition coefficient (Wildman–Crippen LogP) is -2.68. The second kappa shape index (κ2) is 27.5. The van der Waals surface area contributed by atoms with Gasteiger partial charge in [-0.05, 0) is 19.3 Å². The molecule has 1 fully saturated rings. The van der Waals surface area contributed by atoms with Crippen molar-refractivity contribution in [3.05, 3.63) is 0 Å². The van der Waals surface area contributed by atoms with Gasteiger partial charge >= 0.3 is 45.6 Å². The lowest BCUT2D eigenvalue weighted by molar-refractivity contribution is -0.121. The molecule has 1 saturated heterocycles. The van der Waals surface area contributed by atoms with Crippen LogP contribution in [-0.2, 0) is 55.5 Å². The molecule has 3 unspecified atom stereocenters. The summed E-state index contributed by atoms with van der Waals surface area (Å²) in [6, 6.07) is 0. The molecule has 0 aliphatic carbocycles. The van der Waals surface area contributed by atoms with Crippen LogP contribution in [0.1, 0.15) is 38.5 Å². The van der Waals surface area contributed by atoms with Crippen LogP contribution < -0.4 is 16.0 Å². The maximum absolute atomic E-state index is 13.4. The summed E-state index contributed by atoms with van der Waals surface area (Å²) in [5.41, 5.74) is 0. The third kappa shape index (κ3) is 28.3. The molecule has 0 bridgehead atoms. The molecule has 42 heteroatoms. The Labute approximate surface area is 394 Å². The molecular formula is C27H63N6O27P9. The number of nitrogens with zero attached hydrogens (tertiary/aromatic N) is 3. The van der Waals surface area contributed by atoms with Crippen molar-refractivity contribution >= 4 is 85.4 Å². The van der Waals surface area contributed by atoms with E-state index in [0.717, 1.165) is 0 Å². The van der Waals surface area contributed by atoms with Gasteiger partial charge in [0.1, 0.15) is 0 Å². The number of nitrogens with one attached hydrogen (secondary N) is 3. The quantitative estimate of drug-likeness (QED) is 0.0326. The summed E-state index contributed by atoms with van der Waals surface area (Å²) >= 11 is 0. The zero-order chi connectivity index (χ0) is 53.7. The van der Waals surface area contributed by atoms with Crippen LogP contribution in [-0.4, -0.2) is 218 Å². The monoisotopic (exact) mass is 1180 g/mol. The van der Waals surface area contributed by atoms with Crippen LogP contribution in [0.2, 0.25) is 0 Å². The van der Waals surface area contributed by atoms with Gasteiger partial charge in [0.05, 0.1) is 18.9 Å². The van der Waals surface area contributed by atoms with Gasteiger partial charge in [-0.2, -0.15) is 0 Å². The highest BCUT2D eigenvalue weighted by molar-refractivity contribution is 7.71. The normalized spacial score (nSPS) is 18.7. The SMILES string of the molecule is O=C(CCP(=O)(O)CN1CCN(CP(=O)(O)CCC(=O)NCCC(P(=O)(O)O)P(=O)(O)O)CCN(CP(=O)(O)CCC(=O)NCCC(P(=O)(O)O)P(=O)(O)O)CC1)NCCC(P(=O)(O)O)P(=O)(O)O. The molecule has 0 radical (unpaired) electrons. The number of hydrogen-bond acceptors (Lipinski definition) is 15. The zero-order valence-electron chi connectivity index (χ0n) is 36.6. The third-order valence-electron chi connectivity index (χ3n) is 10.0. The smallest absolute Gasteiger partial charge is 0.340 e. The standard InChI is InChI=1S/C27H63N6O27P9/c34-22(28-7-1-25(64(43,44)45)65(46,47)48)4-16-61(37,38)19-31-10-12-32(20-62(39,40)17-5-23(35)29-8-2-26(66(49,50)51)67(52,53)54)14-15-33(13-11-31)21-63(41,42)18-6-24(36)30-9-3-27(68(55,56)57)69(58,59)60/h25-27H,1-21H2,(H,28,34)(H,29,35)(H,30,36)(H,37,38)(H,39,40)(H,41,42)(H2,43,44,45)(H2,46,47,48)(H2,49,50,51)(H2,52,53,54)(H2,55,56,57)(H2,58,59,60). The maximum Gasteiger partial charge on any atom is 0.340 e. The maximum atomic E-state index is 13.4. The summed E-state index contributed by atoms with van der Waals surface area (Å²) in [6.45, 7) is -2.45. The van der Waals surface area contributed by atoms with E-state index >= 15 is 0 Å². The first-order valence-electron chi connectivity index (χ1n) is 20.1. The summed E-state index contributed by atoms with van der Waals surface area (Å²) in [4.78, 5) is 185. The van der Waals surface area contributed by atoms with Crippen molar-refractivity contribution in [3.63, 3.8) is 0 Å². The number of hydrogen-bond donors (Lipinski definition) is 18. The average Bonchev–Trinajstić information content (AvgIpc) is 3.21. The van der Waals surface area contributed by atoms with Crippen molar-refractivity contribution in [1.82, 2.24) is 30.7 Å². The van der Waals surface area contributed by atoms with E-state index in [-0.39, 0.29) is 39.3 Å². The number of rotatable bonds is 30. The molecule has 0 aromatic heterocycles. The van der Waals surface area contributed by atoms with Crippen molar-refractivity contribution in [2.75, 3.05) is 96.2 Å². The van der Waals surface area contributed by atoms with Gasteiger partial charge in [-0.15, -0.1) is 0 Å². The lowest BCUT2D eigenvalue weighted by Crippen LogP contribution is -2.37. The Morgan fingerprint density at radius 3 is 0.681 bits per heavy atom. The van der Waals surface area contributed by atoms with Gasteiger partial charge in [0.15, 0.2) is 16.2 Å². The molecule has 3 amide bonds. The van der Waals surface area contributed by atoms with Crippen molar-refractivity contribution in [1.29, 1.82) is 0 Å². The van der Waals surface area contributed by atoms with E-state index < -0.39 is 197 Å². The summed E-state index contributed by atoms with van der Waals surface area (Å²) in [5, 5.41) is -0.786. The molecule has 1 aliphatic rings. The minimum Gasteiger partial charge on any atom is -0.356 e. The van der Waals surface area contributed by atoms with Gasteiger partial charge in [0, 0.05) is 96.7 Å². The van der Waals surface area contributed by atoms with Crippen LogP contribution in [0.25, 0.3) is 0 Å². The van der Waals surface area contributed by atoms with Gasteiger partial charge in [-0.25, -0.2) is 0 Å². The minimum atomic E-state index is -5.29. The Kier molecular flexibility index (Phi) is 26.6. The molecule has 0 saturated carbocycles. The molecule has 0 aromatic carbocycles. The Morgan fingerprint density at radius 2 is 0.522 bits per heavy atom. The molecule has 33 nitrogen and oxygen atoms in total. The molecule has 0 aromatic rings. The van der Waals surface area contributed by atoms with Crippen LogP contribution in [0, 0.1) is 0 Å². The molecule has 3 atom stereocenters. The summed E-state index contributed by atoms with van der Waals surface area (Å²) in [7, 11) is -44.6. The van der Waals surface area contributed by atoms with E-state index in [1.165, 1.54) is 14.7 Å². The number of carbonyl (C=O) groups is 3. The Balaban J connectivity index is 3.13. The van der Waals surface area contributed by atoms with E-state index in [2.05, 4.69) is 16.0 Å². The van der Waals surface area contributed by atoms with E-state index in [1.54, 1.807) is 0 Å². The molecule has 18 N–H and O–H groups in total. The fraction of sp³-hybridized carbons (Fsp3) is 0.889. The highest BCUT2D eigenvalue weighted by Gasteiger charge is 2.45. The summed E-state index contributed by atoms with van der Waals surface area (Å²) in [6.07, 6.45) is -8.33. The average molecular weight is 1180 g/mol. The van der Waals surface area contributed by atoms with E-state index in [1.807, 2.05) is 0 Å². The molecule has 69 heavy (non-hydrogen) atoms. The third-order valence-corrected chi connectivity index (χ3v) is 26.9. The Morgan fingerprint density at radius 1 is 0.348 bits per heavy atom. The largest absolute Gasteiger partial charge is 0.356 e. The minimum absolute atomic E-state index is 0.0978. The van der Waals surface area contributed by atoms with Gasteiger partial charge in [-0.3, -0.25) is 70.2 Å². The molecule has 1 rings (SSSR count). The lowest BCUT2D eigenvalue weighted by Gasteiger charge is -2.28. The Hall–Kier alpha value is -0.240. The number of carbonyl (C=O) groups excluding carboxylic acids is 3. The fourth-order valence-electron chi connectivity index (χ4n) is 6.47. The highest BCUT2D eigenvalue weighted by Crippen LogP contribution is 2.63. The van der Waals surface area contributed by atoms with Gasteiger partial charge in [0.25, 0.3) is 0 Å². The first-order chi connectivity index (χ1) is 30.9. The number of amides is 3. The lowest BCUT2D eigenvalue weighted by atomic mass is 10.4. The van der Waals surface area contributed by atoms with E-state index in [4.69, 9.17) is 0 Å². The first kappa shape index (κ1) is 66.8. The molecule has 408 valence electrons. The first-order valence-corrected chi connectivity index (χ1v) is 36.3. The molecule has 1 heterocycles. The van der Waals surface area contributed by atoms with Gasteiger partial charge < -0.3 is 89.4 Å². The summed E-state index contributed by atoms with van der Waals surface area (Å²) in [5.74, 6) is -2.75. The Bertz CT molecular complexity index is 1870. The van der Waals surface area contributed by atoms with E-state index in [9.17, 15) is 129 Å². The van der Waals surface area contributed by atoms with Crippen LogP contribution >= 0.6 is 67.7 Å². The van der Waals surface area contributed by atoms with Crippen LogP contribution in [0.3, 0.4) is 0 Å². The molecule has 1 aliphatic heterocycles.